The molecular weight excluding hydrogens is 162 g/mol. The number of nitrogens with zero attached hydrogens (tertiary/aromatic N) is 1. The number of rotatable bonds is 4. The van der Waals surface area contributed by atoms with Crippen molar-refractivity contribution in [1.82, 2.24) is 4.90 Å². The first kappa shape index (κ1) is 8.73. The normalized spacial score (nSPS) is 20.6. The predicted molar refractivity (Wildman–Crippen MR) is 52.5 cm³/mol. The van der Waals surface area contributed by atoms with E-state index in [1.54, 1.807) is 0 Å². The van der Waals surface area contributed by atoms with Crippen molar-refractivity contribution in [2.24, 2.45) is 0 Å². The van der Waals surface area contributed by atoms with Crippen molar-refractivity contribution in [3.63, 3.8) is 0 Å². The molecule has 0 unspecified atom stereocenters. The molecule has 0 aromatic heterocycles. The van der Waals surface area contributed by atoms with Gasteiger partial charge in [0.2, 0.25) is 0 Å². The van der Waals surface area contributed by atoms with E-state index in [-0.39, 0.29) is 0 Å². The molecule has 2 nitrogen and oxygen atoms in total. The molecule has 0 radical (unpaired) electrons. The molecule has 70 valence electrons. The Morgan fingerprint density at radius 3 is 2.69 bits per heavy atom. The smallest absolute Gasteiger partial charge is 0.0936 e. The van der Waals surface area contributed by atoms with Crippen molar-refractivity contribution >= 4 is 0 Å². The fourth-order valence-electron chi connectivity index (χ4n) is 1.48. The minimum Gasteiger partial charge on any atom is -0.372 e. The fraction of sp³-hybridized carbons (Fsp3) is 0.455. The lowest BCUT2D eigenvalue weighted by atomic mass is 10.2. The van der Waals surface area contributed by atoms with Crippen LogP contribution < -0.4 is 0 Å². The summed E-state index contributed by atoms with van der Waals surface area (Å²) in [5, 5.41) is 0. The molecule has 1 aromatic carbocycles. The number of ether oxygens (including phenoxy) is 1. The summed E-state index contributed by atoms with van der Waals surface area (Å²) in [6.07, 6.45) is 0.494. The first-order chi connectivity index (χ1) is 6.34. The standard InChI is InChI=1S/C11H15NO/c1-12(8-11-9-13-11)7-10-5-3-2-4-6-10/h2-6,11H,7-9H2,1H3/t11-/m0/s1. The van der Waals surface area contributed by atoms with E-state index in [1.165, 1.54) is 5.56 Å². The van der Waals surface area contributed by atoms with Gasteiger partial charge in [0.25, 0.3) is 0 Å². The largest absolute Gasteiger partial charge is 0.372 e. The Labute approximate surface area is 79.1 Å². The van der Waals surface area contributed by atoms with Gasteiger partial charge in [-0.25, -0.2) is 0 Å². The molecule has 1 atom stereocenters. The molecule has 13 heavy (non-hydrogen) atoms. The first-order valence-corrected chi connectivity index (χ1v) is 4.68. The van der Waals surface area contributed by atoms with Crippen molar-refractivity contribution in [3.05, 3.63) is 35.9 Å². The highest BCUT2D eigenvalue weighted by Gasteiger charge is 2.23. The first-order valence-electron chi connectivity index (χ1n) is 4.68. The average molecular weight is 177 g/mol. The molecule has 0 bridgehead atoms. The molecule has 0 amide bonds. The Kier molecular flexibility index (Phi) is 2.62. The van der Waals surface area contributed by atoms with Gasteiger partial charge in [0, 0.05) is 13.1 Å². The maximum atomic E-state index is 5.18. The van der Waals surface area contributed by atoms with Gasteiger partial charge in [-0.05, 0) is 12.6 Å². The second-order valence-electron chi connectivity index (χ2n) is 3.64. The Morgan fingerprint density at radius 1 is 1.38 bits per heavy atom. The van der Waals surface area contributed by atoms with Gasteiger partial charge in [0.05, 0.1) is 12.7 Å². The van der Waals surface area contributed by atoms with Gasteiger partial charge in [-0.15, -0.1) is 0 Å². The molecular formula is C11H15NO. The zero-order valence-corrected chi connectivity index (χ0v) is 7.94. The number of benzene rings is 1. The van der Waals surface area contributed by atoms with Crippen LogP contribution in [-0.4, -0.2) is 31.2 Å². The number of likely N-dealkylation sites (N-methyl/N-ethyl adjacent to an activating group) is 1. The van der Waals surface area contributed by atoms with E-state index in [9.17, 15) is 0 Å². The lowest BCUT2D eigenvalue weighted by molar-refractivity contribution is 0.278. The zero-order chi connectivity index (χ0) is 9.10. The van der Waals surface area contributed by atoms with Crippen molar-refractivity contribution in [2.75, 3.05) is 20.2 Å². The Balaban J connectivity index is 1.82. The van der Waals surface area contributed by atoms with Crippen LogP contribution in [0, 0.1) is 0 Å². The van der Waals surface area contributed by atoms with Crippen LogP contribution in [0.1, 0.15) is 5.56 Å². The van der Waals surface area contributed by atoms with Crippen LogP contribution in [-0.2, 0) is 11.3 Å². The van der Waals surface area contributed by atoms with Gasteiger partial charge in [-0.2, -0.15) is 0 Å². The maximum absolute atomic E-state index is 5.18. The van der Waals surface area contributed by atoms with Gasteiger partial charge >= 0.3 is 0 Å². The van der Waals surface area contributed by atoms with Crippen molar-refractivity contribution in [3.8, 4) is 0 Å². The van der Waals surface area contributed by atoms with E-state index in [0.717, 1.165) is 19.7 Å². The monoisotopic (exact) mass is 177 g/mol. The number of epoxide rings is 1. The zero-order valence-electron chi connectivity index (χ0n) is 7.94. The molecule has 0 N–H and O–H groups in total. The van der Waals surface area contributed by atoms with E-state index in [4.69, 9.17) is 4.74 Å². The number of hydrogen-bond donors (Lipinski definition) is 0. The second-order valence-corrected chi connectivity index (χ2v) is 3.64. The molecule has 1 heterocycles. The molecule has 0 aliphatic carbocycles. The highest BCUT2D eigenvalue weighted by Crippen LogP contribution is 2.11. The molecule has 0 spiro atoms. The third-order valence-corrected chi connectivity index (χ3v) is 2.21. The third-order valence-electron chi connectivity index (χ3n) is 2.21. The van der Waals surface area contributed by atoms with Gasteiger partial charge in [0.1, 0.15) is 0 Å². The van der Waals surface area contributed by atoms with Crippen LogP contribution in [0.4, 0.5) is 0 Å². The predicted octanol–water partition coefficient (Wildman–Crippen LogP) is 1.52. The van der Waals surface area contributed by atoms with Crippen molar-refractivity contribution in [2.45, 2.75) is 12.6 Å². The minimum atomic E-state index is 0.494. The molecule has 1 fully saturated rings. The lowest BCUT2D eigenvalue weighted by Crippen LogP contribution is -2.22. The molecule has 2 rings (SSSR count). The maximum Gasteiger partial charge on any atom is 0.0936 e. The quantitative estimate of drug-likeness (QED) is 0.648. The molecule has 1 aliphatic rings. The Hall–Kier alpha value is -0.860. The molecule has 1 saturated heterocycles. The fourth-order valence-corrected chi connectivity index (χ4v) is 1.48. The summed E-state index contributed by atoms with van der Waals surface area (Å²) in [7, 11) is 2.13. The third kappa shape index (κ3) is 2.83. The topological polar surface area (TPSA) is 15.8 Å². The van der Waals surface area contributed by atoms with Crippen LogP contribution in [0.15, 0.2) is 30.3 Å². The summed E-state index contributed by atoms with van der Waals surface area (Å²) in [6, 6.07) is 10.5. The Morgan fingerprint density at radius 2 is 2.08 bits per heavy atom. The SMILES string of the molecule is CN(Cc1ccccc1)C[C@H]1CO1. The van der Waals surface area contributed by atoms with Crippen molar-refractivity contribution < 1.29 is 4.74 Å². The average Bonchev–Trinajstić information content (AvgIpc) is 2.90. The minimum absolute atomic E-state index is 0.494. The summed E-state index contributed by atoms with van der Waals surface area (Å²) >= 11 is 0. The summed E-state index contributed by atoms with van der Waals surface area (Å²) < 4.78 is 5.18. The van der Waals surface area contributed by atoms with Crippen LogP contribution in [0.2, 0.25) is 0 Å². The van der Waals surface area contributed by atoms with E-state index < -0.39 is 0 Å². The number of hydrogen-bond acceptors (Lipinski definition) is 2. The highest BCUT2D eigenvalue weighted by atomic mass is 16.6. The van der Waals surface area contributed by atoms with Crippen LogP contribution in [0.3, 0.4) is 0 Å². The Bertz CT molecular complexity index is 256. The van der Waals surface area contributed by atoms with Gasteiger partial charge in [-0.1, -0.05) is 30.3 Å². The highest BCUT2D eigenvalue weighted by molar-refractivity contribution is 5.14. The summed E-state index contributed by atoms with van der Waals surface area (Å²) in [5.41, 5.74) is 1.37. The molecule has 2 heteroatoms. The van der Waals surface area contributed by atoms with E-state index in [0.29, 0.717) is 6.10 Å². The summed E-state index contributed by atoms with van der Waals surface area (Å²) in [4.78, 5) is 2.30. The van der Waals surface area contributed by atoms with E-state index >= 15 is 0 Å². The van der Waals surface area contributed by atoms with Crippen LogP contribution in [0.5, 0.6) is 0 Å². The van der Waals surface area contributed by atoms with Crippen molar-refractivity contribution in [1.29, 1.82) is 0 Å². The second kappa shape index (κ2) is 3.90. The lowest BCUT2D eigenvalue weighted by Gasteiger charge is -2.14. The molecule has 1 aliphatic heterocycles. The summed E-state index contributed by atoms with van der Waals surface area (Å²) in [6.45, 7) is 3.01. The van der Waals surface area contributed by atoms with E-state index in [2.05, 4.69) is 36.2 Å². The molecule has 0 saturated carbocycles. The summed E-state index contributed by atoms with van der Waals surface area (Å²) in [5.74, 6) is 0. The van der Waals surface area contributed by atoms with E-state index in [1.807, 2.05) is 6.07 Å². The van der Waals surface area contributed by atoms with Gasteiger partial charge in [-0.3, -0.25) is 4.90 Å². The van der Waals surface area contributed by atoms with Crippen LogP contribution >= 0.6 is 0 Å². The van der Waals surface area contributed by atoms with Gasteiger partial charge < -0.3 is 4.74 Å². The molecule has 1 aromatic rings. The van der Waals surface area contributed by atoms with Gasteiger partial charge in [0.15, 0.2) is 0 Å². The van der Waals surface area contributed by atoms with Crippen LogP contribution in [0.25, 0.3) is 0 Å².